The number of imide groups is 1. The van der Waals surface area contributed by atoms with Gasteiger partial charge in [-0.2, -0.15) is 11.8 Å². The van der Waals surface area contributed by atoms with Crippen LogP contribution in [0.4, 0.5) is 0 Å². The highest BCUT2D eigenvalue weighted by atomic mass is 32.2. The Morgan fingerprint density at radius 1 is 1.08 bits per heavy atom. The van der Waals surface area contributed by atoms with E-state index in [1.165, 1.54) is 11.8 Å². The zero-order valence-corrected chi connectivity index (χ0v) is 21.6. The molecule has 1 aliphatic rings. The van der Waals surface area contributed by atoms with Gasteiger partial charge in [-0.05, 0) is 25.2 Å². The lowest BCUT2D eigenvalue weighted by atomic mass is 10.1. The van der Waals surface area contributed by atoms with Crippen LogP contribution in [0.2, 0.25) is 0 Å². The van der Waals surface area contributed by atoms with Crippen molar-refractivity contribution in [2.24, 2.45) is 0 Å². The van der Waals surface area contributed by atoms with E-state index in [4.69, 9.17) is 4.74 Å². The molecule has 0 aliphatic carbocycles. The Morgan fingerprint density at radius 2 is 1.78 bits per heavy atom. The van der Waals surface area contributed by atoms with Gasteiger partial charge in [-0.3, -0.25) is 24.1 Å². The maximum atomic E-state index is 12.0. The van der Waals surface area contributed by atoms with Crippen LogP contribution in [0.3, 0.4) is 0 Å². The Hall–Kier alpha value is -3.39. The number of aromatic nitrogens is 4. The molecule has 12 nitrogen and oxygen atoms in total. The van der Waals surface area contributed by atoms with Crippen molar-refractivity contribution in [1.29, 1.82) is 0 Å². The van der Waals surface area contributed by atoms with Gasteiger partial charge in [0.15, 0.2) is 5.82 Å². The fourth-order valence-corrected chi connectivity index (χ4v) is 4.00. The first-order valence-corrected chi connectivity index (χ1v) is 12.8. The Morgan fingerprint density at radius 3 is 2.43 bits per heavy atom. The SMILES string of the molecule is CSC1CC(=O)N(CCC(=O)NCCCOCC(=O)NCc2ccc(-c3nnc(C)nn3)cc2)C1=O.[B]. The first kappa shape index (κ1) is 29.8. The summed E-state index contributed by atoms with van der Waals surface area (Å²) in [6.07, 6.45) is 2.57. The van der Waals surface area contributed by atoms with Gasteiger partial charge in [0.25, 0.3) is 0 Å². The van der Waals surface area contributed by atoms with E-state index >= 15 is 0 Å². The number of thioether (sulfide) groups is 1. The van der Waals surface area contributed by atoms with Crippen LogP contribution in [0.25, 0.3) is 11.4 Å². The van der Waals surface area contributed by atoms with Crippen molar-refractivity contribution in [3.8, 4) is 11.4 Å². The van der Waals surface area contributed by atoms with Gasteiger partial charge < -0.3 is 15.4 Å². The summed E-state index contributed by atoms with van der Waals surface area (Å²) < 4.78 is 5.35. The summed E-state index contributed by atoms with van der Waals surface area (Å²) >= 11 is 1.34. The van der Waals surface area contributed by atoms with E-state index in [1.54, 1.807) is 13.2 Å². The van der Waals surface area contributed by atoms with Crippen LogP contribution in [0, 0.1) is 6.92 Å². The van der Waals surface area contributed by atoms with Gasteiger partial charge >= 0.3 is 0 Å². The molecule has 195 valence electrons. The van der Waals surface area contributed by atoms with Gasteiger partial charge in [0, 0.05) is 53.1 Å². The molecule has 3 radical (unpaired) electrons. The van der Waals surface area contributed by atoms with E-state index in [2.05, 4.69) is 31.0 Å². The molecule has 1 aromatic carbocycles. The molecule has 2 aromatic rings. The fraction of sp³-hybridized carbons (Fsp3) is 0.478. The summed E-state index contributed by atoms with van der Waals surface area (Å²) in [4.78, 5) is 49.0. The molecule has 4 amide bonds. The molecule has 14 heteroatoms. The van der Waals surface area contributed by atoms with Crippen molar-refractivity contribution < 1.29 is 23.9 Å². The van der Waals surface area contributed by atoms with Crippen LogP contribution in [0.1, 0.15) is 30.7 Å². The molecule has 1 atom stereocenters. The summed E-state index contributed by atoms with van der Waals surface area (Å²) in [5.74, 6) is -0.0178. The standard InChI is InChI=1S/C23H29N7O5S.B/c1-15-26-28-22(29-27-15)17-6-4-16(5-7-17)13-25-20(32)14-35-11-3-9-24-19(31)8-10-30-21(33)12-18(36-2)23(30)34;/h4-7,18H,3,8-14H2,1-2H3,(H,24,31)(H,25,32);. The highest BCUT2D eigenvalue weighted by Gasteiger charge is 2.37. The molecule has 1 saturated heterocycles. The van der Waals surface area contributed by atoms with Gasteiger partial charge in [0.2, 0.25) is 29.5 Å². The van der Waals surface area contributed by atoms with Gasteiger partial charge in [-0.15, -0.1) is 20.4 Å². The fourth-order valence-electron chi connectivity index (χ4n) is 3.36. The molecule has 37 heavy (non-hydrogen) atoms. The van der Waals surface area contributed by atoms with Crippen LogP contribution in [0.5, 0.6) is 0 Å². The number of hydrogen-bond donors (Lipinski definition) is 2. The number of carbonyl (C=O) groups excluding carboxylic acids is 4. The lowest BCUT2D eigenvalue weighted by molar-refractivity contribution is -0.138. The third kappa shape index (κ3) is 9.21. The molecule has 1 aromatic heterocycles. The number of rotatable bonds is 13. The predicted molar refractivity (Wildman–Crippen MR) is 137 cm³/mol. The van der Waals surface area contributed by atoms with Gasteiger partial charge in [0.05, 0.1) is 5.25 Å². The van der Waals surface area contributed by atoms with Crippen LogP contribution in [-0.4, -0.2) is 95.1 Å². The maximum absolute atomic E-state index is 12.0. The molecule has 3 rings (SSSR count). The quantitative estimate of drug-likeness (QED) is 0.205. The Labute approximate surface area is 221 Å². The zero-order valence-electron chi connectivity index (χ0n) is 20.8. The van der Waals surface area contributed by atoms with E-state index in [9.17, 15) is 19.2 Å². The van der Waals surface area contributed by atoms with Crippen molar-refractivity contribution in [2.75, 3.05) is 32.6 Å². The topological polar surface area (TPSA) is 156 Å². The summed E-state index contributed by atoms with van der Waals surface area (Å²) in [6, 6.07) is 7.39. The molecule has 0 bridgehead atoms. The Balaban J connectivity index is 0.00000481. The molecular formula is C23H29BN7O5S. The van der Waals surface area contributed by atoms with E-state index in [0.29, 0.717) is 37.8 Å². The smallest absolute Gasteiger partial charge is 0.246 e. The second kappa shape index (κ2) is 15.0. The zero-order chi connectivity index (χ0) is 25.9. The number of likely N-dealkylation sites (tertiary alicyclic amines) is 1. The number of benzene rings is 1. The molecular weight excluding hydrogens is 497 g/mol. The third-order valence-corrected chi connectivity index (χ3v) is 6.29. The molecule has 2 heterocycles. The lowest BCUT2D eigenvalue weighted by Crippen LogP contribution is -2.35. The molecule has 1 unspecified atom stereocenters. The minimum Gasteiger partial charge on any atom is -0.372 e. The summed E-state index contributed by atoms with van der Waals surface area (Å²) in [5, 5.41) is 20.9. The van der Waals surface area contributed by atoms with Crippen molar-refractivity contribution in [3.05, 3.63) is 35.7 Å². The first-order valence-electron chi connectivity index (χ1n) is 11.5. The summed E-state index contributed by atoms with van der Waals surface area (Å²) in [7, 11) is 0. The van der Waals surface area contributed by atoms with Crippen LogP contribution in [-0.2, 0) is 30.5 Å². The molecule has 0 spiro atoms. The Bertz CT molecular complexity index is 1070. The van der Waals surface area contributed by atoms with Crippen molar-refractivity contribution in [3.63, 3.8) is 0 Å². The van der Waals surface area contributed by atoms with Gasteiger partial charge in [-0.1, -0.05) is 24.3 Å². The van der Waals surface area contributed by atoms with Crippen molar-refractivity contribution in [1.82, 2.24) is 35.9 Å². The van der Waals surface area contributed by atoms with Gasteiger partial charge in [-0.25, -0.2) is 0 Å². The average molecular weight is 526 g/mol. The molecule has 1 fully saturated rings. The number of nitrogens with zero attached hydrogens (tertiary/aromatic N) is 5. The summed E-state index contributed by atoms with van der Waals surface area (Å²) in [5.41, 5.74) is 1.69. The number of nitrogens with one attached hydrogen (secondary N) is 2. The molecule has 0 saturated carbocycles. The number of hydrogen-bond acceptors (Lipinski definition) is 10. The van der Waals surface area contributed by atoms with E-state index in [-0.39, 0.29) is 63.3 Å². The van der Waals surface area contributed by atoms with E-state index < -0.39 is 0 Å². The Kier molecular flexibility index (Phi) is 12.1. The van der Waals surface area contributed by atoms with Crippen molar-refractivity contribution >= 4 is 43.8 Å². The molecule has 2 N–H and O–H groups in total. The van der Waals surface area contributed by atoms with Crippen LogP contribution >= 0.6 is 11.8 Å². The minimum absolute atomic E-state index is 0. The second-order valence-electron chi connectivity index (χ2n) is 8.06. The van der Waals surface area contributed by atoms with Crippen LogP contribution in [0.15, 0.2) is 24.3 Å². The van der Waals surface area contributed by atoms with Crippen LogP contribution < -0.4 is 10.6 Å². The maximum Gasteiger partial charge on any atom is 0.246 e. The number of amides is 4. The third-order valence-electron chi connectivity index (χ3n) is 5.35. The average Bonchev–Trinajstić information content (AvgIpc) is 3.16. The number of carbonyl (C=O) groups is 4. The van der Waals surface area contributed by atoms with E-state index in [0.717, 1.165) is 16.0 Å². The monoisotopic (exact) mass is 526 g/mol. The summed E-state index contributed by atoms with van der Waals surface area (Å²) in [6.45, 7) is 2.75. The molecule has 1 aliphatic heterocycles. The number of ether oxygens (including phenoxy) is 1. The van der Waals surface area contributed by atoms with E-state index in [1.807, 2.05) is 24.3 Å². The largest absolute Gasteiger partial charge is 0.372 e. The first-order chi connectivity index (χ1) is 17.4. The van der Waals surface area contributed by atoms with Crippen molar-refractivity contribution in [2.45, 2.75) is 38.0 Å². The highest BCUT2D eigenvalue weighted by Crippen LogP contribution is 2.23. The normalized spacial score (nSPS) is 14.9. The predicted octanol–water partition coefficient (Wildman–Crippen LogP) is -0.119. The minimum atomic E-state index is -0.342. The second-order valence-corrected chi connectivity index (χ2v) is 9.10. The number of aryl methyl sites for hydroxylation is 1. The van der Waals surface area contributed by atoms with Gasteiger partial charge in [0.1, 0.15) is 6.61 Å². The lowest BCUT2D eigenvalue weighted by Gasteiger charge is -2.14. The highest BCUT2D eigenvalue weighted by molar-refractivity contribution is 8.00.